The quantitative estimate of drug-likeness (QED) is 0.490. The topological polar surface area (TPSA) is 123 Å². The van der Waals surface area contributed by atoms with Gasteiger partial charge in [0.1, 0.15) is 4.92 Å². The van der Waals surface area contributed by atoms with E-state index in [-0.39, 0.29) is 11.7 Å². The van der Waals surface area contributed by atoms with E-state index in [9.17, 15) is 14.9 Å². The van der Waals surface area contributed by atoms with Crippen molar-refractivity contribution in [3.8, 4) is 5.82 Å². The SMILES string of the molecule is Cc1ccn(-c2ccc(N3CCN(C(=O)c4ccc([N+](=O)[O-])o4)CC3)nn2)n1. The van der Waals surface area contributed by atoms with E-state index in [0.717, 1.165) is 5.69 Å². The molecule has 4 heterocycles. The van der Waals surface area contributed by atoms with Crippen molar-refractivity contribution >= 4 is 17.6 Å². The number of piperazine rings is 1. The lowest BCUT2D eigenvalue weighted by atomic mass is 10.3. The van der Waals surface area contributed by atoms with Gasteiger partial charge in [-0.15, -0.1) is 10.2 Å². The smallest absolute Gasteiger partial charge is 0.395 e. The van der Waals surface area contributed by atoms with Crippen LogP contribution < -0.4 is 4.90 Å². The predicted molar refractivity (Wildman–Crippen MR) is 97.4 cm³/mol. The van der Waals surface area contributed by atoms with Crippen LogP contribution in [0, 0.1) is 17.0 Å². The van der Waals surface area contributed by atoms with E-state index >= 15 is 0 Å². The van der Waals surface area contributed by atoms with E-state index in [1.165, 1.54) is 12.1 Å². The average molecular weight is 383 g/mol. The summed E-state index contributed by atoms with van der Waals surface area (Å²) >= 11 is 0. The van der Waals surface area contributed by atoms with Crippen molar-refractivity contribution in [3.05, 3.63) is 58.1 Å². The van der Waals surface area contributed by atoms with E-state index in [2.05, 4.69) is 15.3 Å². The number of carbonyl (C=O) groups is 1. The number of aryl methyl sites for hydroxylation is 1. The summed E-state index contributed by atoms with van der Waals surface area (Å²) in [5.41, 5.74) is 0.897. The van der Waals surface area contributed by atoms with Crippen molar-refractivity contribution in [2.24, 2.45) is 0 Å². The molecule has 1 aliphatic rings. The zero-order chi connectivity index (χ0) is 19.7. The lowest BCUT2D eigenvalue weighted by Crippen LogP contribution is -2.49. The minimum Gasteiger partial charge on any atom is -0.395 e. The summed E-state index contributed by atoms with van der Waals surface area (Å²) in [4.78, 5) is 26.1. The number of rotatable bonds is 4. The Morgan fingerprint density at radius 2 is 1.79 bits per heavy atom. The summed E-state index contributed by atoms with van der Waals surface area (Å²) in [7, 11) is 0. The van der Waals surface area contributed by atoms with Crippen LogP contribution in [0.4, 0.5) is 11.7 Å². The fourth-order valence-corrected chi connectivity index (χ4v) is 2.99. The summed E-state index contributed by atoms with van der Waals surface area (Å²) < 4.78 is 6.65. The van der Waals surface area contributed by atoms with Gasteiger partial charge in [0.25, 0.3) is 5.91 Å². The summed E-state index contributed by atoms with van der Waals surface area (Å²) in [6, 6.07) is 8.11. The molecule has 0 aliphatic carbocycles. The number of hydrogen-bond donors (Lipinski definition) is 0. The zero-order valence-electron chi connectivity index (χ0n) is 15.1. The molecule has 0 radical (unpaired) electrons. The van der Waals surface area contributed by atoms with Gasteiger partial charge < -0.3 is 14.2 Å². The van der Waals surface area contributed by atoms with Gasteiger partial charge in [-0.05, 0) is 31.2 Å². The van der Waals surface area contributed by atoms with Gasteiger partial charge in [-0.1, -0.05) is 0 Å². The third-order valence-electron chi connectivity index (χ3n) is 4.47. The highest BCUT2D eigenvalue weighted by molar-refractivity contribution is 5.92. The Balaban J connectivity index is 1.38. The molecule has 1 amide bonds. The van der Waals surface area contributed by atoms with Gasteiger partial charge in [-0.25, -0.2) is 4.68 Å². The highest BCUT2D eigenvalue weighted by atomic mass is 16.6. The number of nitro groups is 1. The first-order chi connectivity index (χ1) is 13.5. The molecule has 144 valence electrons. The Hall–Kier alpha value is -3.76. The molecule has 3 aromatic heterocycles. The first-order valence-electron chi connectivity index (χ1n) is 8.66. The molecule has 1 aliphatic heterocycles. The summed E-state index contributed by atoms with van der Waals surface area (Å²) in [6.07, 6.45) is 1.82. The van der Waals surface area contributed by atoms with Gasteiger partial charge in [0, 0.05) is 32.4 Å². The normalized spacial score (nSPS) is 14.3. The van der Waals surface area contributed by atoms with Gasteiger partial charge in [-0.2, -0.15) is 5.10 Å². The van der Waals surface area contributed by atoms with E-state index < -0.39 is 10.8 Å². The van der Waals surface area contributed by atoms with Crippen LogP contribution in [-0.4, -0.2) is 61.9 Å². The Labute approximate surface area is 159 Å². The molecule has 28 heavy (non-hydrogen) atoms. The number of anilines is 1. The monoisotopic (exact) mass is 383 g/mol. The molecule has 11 heteroatoms. The minimum atomic E-state index is -0.665. The van der Waals surface area contributed by atoms with Gasteiger partial charge in [0.2, 0.25) is 0 Å². The number of aromatic nitrogens is 4. The molecule has 11 nitrogen and oxygen atoms in total. The van der Waals surface area contributed by atoms with Crippen LogP contribution >= 0.6 is 0 Å². The molecule has 1 saturated heterocycles. The highest BCUT2D eigenvalue weighted by Crippen LogP contribution is 2.19. The Kier molecular flexibility index (Phi) is 4.47. The van der Waals surface area contributed by atoms with Gasteiger partial charge in [-0.3, -0.25) is 14.9 Å². The first-order valence-corrected chi connectivity index (χ1v) is 8.66. The second-order valence-electron chi connectivity index (χ2n) is 6.33. The Morgan fingerprint density at radius 3 is 2.36 bits per heavy atom. The summed E-state index contributed by atoms with van der Waals surface area (Å²) in [6.45, 7) is 3.96. The lowest BCUT2D eigenvalue weighted by molar-refractivity contribution is -0.402. The van der Waals surface area contributed by atoms with Crippen molar-refractivity contribution in [2.45, 2.75) is 6.92 Å². The van der Waals surface area contributed by atoms with E-state index in [0.29, 0.717) is 37.8 Å². The summed E-state index contributed by atoms with van der Waals surface area (Å²) in [5.74, 6) is 0.519. The molecular weight excluding hydrogens is 366 g/mol. The van der Waals surface area contributed by atoms with Crippen LogP contribution in [0.2, 0.25) is 0 Å². The number of amides is 1. The zero-order valence-corrected chi connectivity index (χ0v) is 15.1. The molecule has 3 aromatic rings. The van der Waals surface area contributed by atoms with Crippen LogP contribution in [0.3, 0.4) is 0 Å². The van der Waals surface area contributed by atoms with Crippen molar-refractivity contribution in [3.63, 3.8) is 0 Å². The van der Waals surface area contributed by atoms with E-state index in [1.807, 2.05) is 36.2 Å². The molecule has 0 unspecified atom stereocenters. The molecule has 0 aromatic carbocycles. The van der Waals surface area contributed by atoms with Gasteiger partial charge >= 0.3 is 5.88 Å². The maximum absolute atomic E-state index is 12.4. The second-order valence-corrected chi connectivity index (χ2v) is 6.33. The fraction of sp³-hybridized carbons (Fsp3) is 0.294. The second kappa shape index (κ2) is 7.10. The highest BCUT2D eigenvalue weighted by Gasteiger charge is 2.26. The Bertz CT molecular complexity index is 1000. The molecular formula is C17H17N7O4. The average Bonchev–Trinajstić information content (AvgIpc) is 3.37. The molecule has 0 saturated carbocycles. The molecule has 0 atom stereocenters. The van der Waals surface area contributed by atoms with Crippen molar-refractivity contribution in [1.82, 2.24) is 24.9 Å². The van der Waals surface area contributed by atoms with Crippen LogP contribution in [0.5, 0.6) is 0 Å². The first kappa shape index (κ1) is 17.6. The molecule has 0 N–H and O–H groups in total. The van der Waals surface area contributed by atoms with Crippen LogP contribution in [0.1, 0.15) is 16.2 Å². The third-order valence-corrected chi connectivity index (χ3v) is 4.47. The van der Waals surface area contributed by atoms with Crippen molar-refractivity contribution in [2.75, 3.05) is 31.1 Å². The van der Waals surface area contributed by atoms with Gasteiger partial charge in [0.05, 0.1) is 11.8 Å². The summed E-state index contributed by atoms with van der Waals surface area (Å²) in [5, 5.41) is 23.5. The standard InChI is InChI=1S/C17H17N7O4/c1-12-6-7-23(20-12)15-4-3-14(18-19-15)21-8-10-22(11-9-21)17(25)13-2-5-16(28-13)24(26)27/h2-7H,8-11H2,1H3. The van der Waals surface area contributed by atoms with Crippen molar-refractivity contribution in [1.29, 1.82) is 0 Å². The van der Waals surface area contributed by atoms with Crippen LogP contribution in [-0.2, 0) is 0 Å². The Morgan fingerprint density at radius 1 is 1.07 bits per heavy atom. The maximum atomic E-state index is 12.4. The number of hydrogen-bond acceptors (Lipinski definition) is 8. The number of nitrogens with zero attached hydrogens (tertiary/aromatic N) is 7. The molecule has 1 fully saturated rings. The molecule has 0 bridgehead atoms. The van der Waals surface area contributed by atoms with Crippen LogP contribution in [0.15, 0.2) is 40.9 Å². The third kappa shape index (κ3) is 3.41. The largest absolute Gasteiger partial charge is 0.433 e. The maximum Gasteiger partial charge on any atom is 0.433 e. The van der Waals surface area contributed by atoms with Gasteiger partial charge in [0.15, 0.2) is 17.4 Å². The number of furan rings is 1. The predicted octanol–water partition coefficient (Wildman–Crippen LogP) is 1.43. The molecule has 4 rings (SSSR count). The van der Waals surface area contributed by atoms with E-state index in [4.69, 9.17) is 4.42 Å². The minimum absolute atomic E-state index is 0.0289. The lowest BCUT2D eigenvalue weighted by Gasteiger charge is -2.34. The van der Waals surface area contributed by atoms with Crippen LogP contribution in [0.25, 0.3) is 5.82 Å². The van der Waals surface area contributed by atoms with E-state index in [1.54, 1.807) is 9.58 Å². The molecule has 0 spiro atoms. The number of carbonyl (C=O) groups excluding carboxylic acids is 1. The van der Waals surface area contributed by atoms with Crippen molar-refractivity contribution < 1.29 is 14.1 Å². The fourth-order valence-electron chi connectivity index (χ4n) is 2.99.